The molecule has 16 heteroatoms. The molecule has 1 aliphatic carbocycles. The van der Waals surface area contributed by atoms with Gasteiger partial charge in [-0.2, -0.15) is 0 Å². The molecule has 5 aliphatic rings. The molecule has 5 amide bonds. The fourth-order valence-corrected chi connectivity index (χ4v) is 8.40. The Kier molecular flexibility index (Phi) is 12.3. The van der Waals surface area contributed by atoms with Crippen molar-refractivity contribution in [3.8, 4) is 5.75 Å². The van der Waals surface area contributed by atoms with Gasteiger partial charge in [0.25, 0.3) is 11.8 Å². The number of carbonyl (C=O) groups excluding carboxylic acids is 5. The average Bonchev–Trinajstić information content (AvgIpc) is 3.72. The second-order valence-electron chi connectivity index (χ2n) is 13.9. The highest BCUT2D eigenvalue weighted by atomic mass is 32.2. The van der Waals surface area contributed by atoms with Gasteiger partial charge in [-0.25, -0.2) is 0 Å². The van der Waals surface area contributed by atoms with Crippen molar-refractivity contribution in [3.63, 3.8) is 0 Å². The molecular weight excluding hydrogens is 715 g/mol. The number of benzene rings is 2. The summed E-state index contributed by atoms with van der Waals surface area (Å²) in [6.07, 6.45) is 4.99. The molecule has 2 saturated heterocycles. The van der Waals surface area contributed by atoms with Gasteiger partial charge in [0.1, 0.15) is 18.4 Å². The van der Waals surface area contributed by atoms with Crippen LogP contribution in [-0.4, -0.2) is 134 Å². The third-order valence-corrected chi connectivity index (χ3v) is 11.3. The van der Waals surface area contributed by atoms with E-state index < -0.39 is 29.7 Å². The van der Waals surface area contributed by atoms with Crippen LogP contribution < -0.4 is 25.6 Å². The highest BCUT2D eigenvalue weighted by Crippen LogP contribution is 2.32. The van der Waals surface area contributed by atoms with Crippen molar-refractivity contribution in [1.29, 1.82) is 0 Å². The number of fused-ring (bicyclic) bond motifs is 2. The number of amidine groups is 1. The zero-order valence-corrected chi connectivity index (χ0v) is 31.1. The van der Waals surface area contributed by atoms with Crippen molar-refractivity contribution in [2.24, 2.45) is 4.99 Å². The maximum absolute atomic E-state index is 13.2. The second kappa shape index (κ2) is 17.6. The Morgan fingerprint density at radius 2 is 1.63 bits per heavy atom. The van der Waals surface area contributed by atoms with Gasteiger partial charge in [0.2, 0.25) is 17.7 Å². The molecule has 288 valence electrons. The number of piperidine rings is 1. The number of nitrogens with one attached hydrogen (secondary N) is 3. The van der Waals surface area contributed by atoms with Crippen molar-refractivity contribution in [2.45, 2.75) is 56.7 Å². The molecule has 1 saturated carbocycles. The van der Waals surface area contributed by atoms with Gasteiger partial charge in [-0.05, 0) is 55.7 Å². The van der Waals surface area contributed by atoms with Crippen LogP contribution in [0.2, 0.25) is 0 Å². The molecular formula is C38H47N7O8S. The number of rotatable bonds is 15. The van der Waals surface area contributed by atoms with Crippen molar-refractivity contribution < 1.29 is 38.2 Å². The van der Waals surface area contributed by atoms with Gasteiger partial charge < -0.3 is 34.6 Å². The Bertz CT molecular complexity index is 1750. The molecule has 3 atom stereocenters. The topological polar surface area (TPSA) is 171 Å². The van der Waals surface area contributed by atoms with E-state index in [1.54, 1.807) is 30.0 Å². The maximum atomic E-state index is 13.2. The minimum atomic E-state index is -1.01. The summed E-state index contributed by atoms with van der Waals surface area (Å²) in [4.78, 5) is 73.0. The van der Waals surface area contributed by atoms with E-state index in [0.717, 1.165) is 41.0 Å². The zero-order chi connectivity index (χ0) is 37.4. The van der Waals surface area contributed by atoms with Gasteiger partial charge in [0.05, 0.1) is 55.4 Å². The number of ether oxygens (including phenoxy) is 3. The SMILES string of the molecule is O=C1CCC(N2C(=O)c3cccc(NCCOCCOCCOc4ccc(N5CCN(C(=O)CSC6=N[C@@H]7CCCC[C@H]7N6)CC5)cc4)c3C2=O)C(=O)N1. The number of aliphatic imine (C=N–C) groups is 1. The molecule has 1 unspecified atom stereocenters. The molecule has 4 heterocycles. The van der Waals surface area contributed by atoms with E-state index in [-0.39, 0.29) is 29.9 Å². The smallest absolute Gasteiger partial charge is 0.264 e. The maximum Gasteiger partial charge on any atom is 0.264 e. The van der Waals surface area contributed by atoms with Crippen LogP contribution in [0.1, 0.15) is 59.2 Å². The van der Waals surface area contributed by atoms with Crippen molar-refractivity contribution in [3.05, 3.63) is 53.6 Å². The van der Waals surface area contributed by atoms with Gasteiger partial charge in [-0.15, -0.1) is 0 Å². The van der Waals surface area contributed by atoms with E-state index in [1.165, 1.54) is 19.3 Å². The Balaban J connectivity index is 0.733. The monoisotopic (exact) mass is 761 g/mol. The largest absolute Gasteiger partial charge is 0.491 e. The fourth-order valence-electron chi connectivity index (χ4n) is 7.51. The van der Waals surface area contributed by atoms with E-state index in [1.807, 2.05) is 29.2 Å². The summed E-state index contributed by atoms with van der Waals surface area (Å²) in [7, 11) is 0. The molecule has 0 radical (unpaired) electrons. The Morgan fingerprint density at radius 1 is 0.870 bits per heavy atom. The Hall–Kier alpha value is -4.67. The lowest BCUT2D eigenvalue weighted by Crippen LogP contribution is -2.54. The van der Waals surface area contributed by atoms with Crippen LogP contribution in [-0.2, 0) is 23.9 Å². The molecule has 0 aromatic heterocycles. The van der Waals surface area contributed by atoms with E-state index in [4.69, 9.17) is 19.2 Å². The van der Waals surface area contributed by atoms with Crippen molar-refractivity contribution in [2.75, 3.05) is 81.7 Å². The van der Waals surface area contributed by atoms with Crippen molar-refractivity contribution in [1.82, 2.24) is 20.4 Å². The zero-order valence-electron chi connectivity index (χ0n) is 30.3. The molecule has 0 bridgehead atoms. The molecule has 0 spiro atoms. The van der Waals surface area contributed by atoms with E-state index in [0.29, 0.717) is 76.2 Å². The summed E-state index contributed by atoms with van der Waals surface area (Å²) in [5, 5.41) is 9.81. The second-order valence-corrected chi connectivity index (χ2v) is 14.8. The van der Waals surface area contributed by atoms with Crippen LogP contribution in [0.3, 0.4) is 0 Å². The van der Waals surface area contributed by atoms with Gasteiger partial charge in [0, 0.05) is 50.5 Å². The van der Waals surface area contributed by atoms with Crippen LogP contribution in [0.4, 0.5) is 11.4 Å². The minimum Gasteiger partial charge on any atom is -0.491 e. The molecule has 2 aromatic rings. The number of nitrogens with zero attached hydrogens (tertiary/aromatic N) is 4. The van der Waals surface area contributed by atoms with Crippen LogP contribution in [0, 0.1) is 0 Å². The summed E-state index contributed by atoms with van der Waals surface area (Å²) in [5.41, 5.74) is 2.02. The number of amides is 5. The molecule has 3 N–H and O–H groups in total. The minimum absolute atomic E-state index is 0.0675. The number of anilines is 2. The number of hydrogen-bond donors (Lipinski definition) is 3. The lowest BCUT2D eigenvalue weighted by atomic mass is 9.92. The quantitative estimate of drug-likeness (QED) is 0.179. The van der Waals surface area contributed by atoms with Crippen LogP contribution in [0.25, 0.3) is 0 Å². The molecule has 7 rings (SSSR count). The third kappa shape index (κ3) is 8.82. The third-order valence-electron chi connectivity index (χ3n) is 10.4. The highest BCUT2D eigenvalue weighted by molar-refractivity contribution is 8.14. The summed E-state index contributed by atoms with van der Waals surface area (Å²) in [6, 6.07) is 12.8. The Labute approximate surface area is 318 Å². The average molecular weight is 762 g/mol. The lowest BCUT2D eigenvalue weighted by Gasteiger charge is -2.36. The standard InChI is InChI=1S/C38H47N7O8S/c46-32-13-12-31(35(48)42-32)45-36(49)27-4-3-7-30(34(27)37(45)50)39-14-19-51-20-21-52-22-23-53-26-10-8-25(9-11-26)43-15-17-44(18-16-43)33(47)24-54-38-40-28-5-1-2-6-29(28)41-38/h3-4,7-11,28-29,31,39H,1-2,5-6,12-24H2,(H,40,41)(H,42,46,48)/t28-,29-,31?/m1/s1. The Morgan fingerprint density at radius 3 is 2.41 bits per heavy atom. The number of carbonyl (C=O) groups is 5. The number of imide groups is 2. The molecule has 54 heavy (non-hydrogen) atoms. The predicted molar refractivity (Wildman–Crippen MR) is 203 cm³/mol. The molecule has 4 aliphatic heterocycles. The normalized spacial score (nSPS) is 22.4. The van der Waals surface area contributed by atoms with E-state index in [9.17, 15) is 24.0 Å². The highest BCUT2D eigenvalue weighted by Gasteiger charge is 2.45. The number of thioether (sulfide) groups is 1. The van der Waals surface area contributed by atoms with E-state index >= 15 is 0 Å². The van der Waals surface area contributed by atoms with Gasteiger partial charge in [0.15, 0.2) is 5.17 Å². The first-order valence-corrected chi connectivity index (χ1v) is 19.8. The first kappa shape index (κ1) is 37.6. The van der Waals surface area contributed by atoms with Crippen LogP contribution >= 0.6 is 11.8 Å². The van der Waals surface area contributed by atoms with Crippen LogP contribution in [0.15, 0.2) is 47.5 Å². The molecule has 15 nitrogen and oxygen atoms in total. The van der Waals surface area contributed by atoms with Gasteiger partial charge >= 0.3 is 0 Å². The first-order valence-electron chi connectivity index (χ1n) is 18.8. The summed E-state index contributed by atoms with van der Waals surface area (Å²) in [6.45, 7) is 5.24. The predicted octanol–water partition coefficient (Wildman–Crippen LogP) is 2.26. The number of hydrogen-bond acceptors (Lipinski definition) is 13. The van der Waals surface area contributed by atoms with E-state index in [2.05, 4.69) is 20.9 Å². The fraction of sp³-hybridized carbons (Fsp3) is 0.526. The summed E-state index contributed by atoms with van der Waals surface area (Å²) >= 11 is 1.54. The van der Waals surface area contributed by atoms with Crippen molar-refractivity contribution >= 4 is 57.8 Å². The molecule has 2 aromatic carbocycles. The number of piperazine rings is 1. The van der Waals surface area contributed by atoms with Gasteiger partial charge in [-0.3, -0.25) is 39.2 Å². The summed E-state index contributed by atoms with van der Waals surface area (Å²) < 4.78 is 17.1. The van der Waals surface area contributed by atoms with Gasteiger partial charge in [-0.1, -0.05) is 30.7 Å². The lowest BCUT2D eigenvalue weighted by molar-refractivity contribution is -0.136. The molecule has 3 fully saturated rings. The van der Waals surface area contributed by atoms with Crippen LogP contribution in [0.5, 0.6) is 5.75 Å². The summed E-state index contributed by atoms with van der Waals surface area (Å²) in [5.74, 6) is -0.807. The first-order chi connectivity index (χ1) is 26.4.